The molecule has 7 heteroatoms. The number of carbonyl (C=O) groups is 2. The number of benzene rings is 3. The van der Waals surface area contributed by atoms with Gasteiger partial charge in [-0.2, -0.15) is 0 Å². The molecular formula is C30H24N2O5. The molecule has 3 aromatic carbocycles. The van der Waals surface area contributed by atoms with E-state index in [1.165, 1.54) is 12.1 Å². The van der Waals surface area contributed by atoms with Crippen LogP contribution in [-0.4, -0.2) is 27.8 Å². The van der Waals surface area contributed by atoms with E-state index in [1.54, 1.807) is 43.3 Å². The second kappa shape index (κ2) is 10.1. The summed E-state index contributed by atoms with van der Waals surface area (Å²) in [5.41, 5.74) is 4.59. The van der Waals surface area contributed by atoms with Gasteiger partial charge in [0.25, 0.3) is 5.69 Å². The number of nitrogens with zero attached hydrogens (tertiary/aromatic N) is 2. The normalized spacial score (nSPS) is 14.7. The van der Waals surface area contributed by atoms with E-state index in [-0.39, 0.29) is 11.5 Å². The summed E-state index contributed by atoms with van der Waals surface area (Å²) in [6.07, 6.45) is 3.07. The third-order valence-electron chi connectivity index (χ3n) is 6.51. The van der Waals surface area contributed by atoms with Gasteiger partial charge in [0.1, 0.15) is 0 Å². The Morgan fingerprint density at radius 3 is 2.54 bits per heavy atom. The number of rotatable bonds is 6. The molecular weight excluding hydrogens is 468 g/mol. The van der Waals surface area contributed by atoms with Crippen molar-refractivity contribution in [3.8, 4) is 0 Å². The number of fused-ring (bicyclic) bond motifs is 2. The van der Waals surface area contributed by atoms with Crippen molar-refractivity contribution < 1.29 is 19.2 Å². The number of hydrogen-bond acceptors (Lipinski definition) is 6. The zero-order valence-electron chi connectivity index (χ0n) is 20.2. The smallest absolute Gasteiger partial charge is 0.339 e. The summed E-state index contributed by atoms with van der Waals surface area (Å²) >= 11 is 0. The van der Waals surface area contributed by atoms with Crippen LogP contribution in [0.1, 0.15) is 57.3 Å². The molecule has 0 spiro atoms. The fraction of sp³-hybridized carbons (Fsp3) is 0.167. The minimum Gasteiger partial charge on any atom is -0.451 e. The summed E-state index contributed by atoms with van der Waals surface area (Å²) in [6, 6.07) is 22.5. The highest BCUT2D eigenvalue weighted by atomic mass is 16.6. The van der Waals surface area contributed by atoms with Crippen molar-refractivity contribution in [1.29, 1.82) is 0 Å². The molecule has 0 N–H and O–H groups in total. The molecule has 4 aromatic rings. The molecule has 0 saturated heterocycles. The molecule has 7 nitrogen and oxygen atoms in total. The highest BCUT2D eigenvalue weighted by Gasteiger charge is 2.28. The van der Waals surface area contributed by atoms with Crippen LogP contribution < -0.4 is 0 Å². The molecule has 1 atom stereocenters. The number of nitro groups is 1. The van der Waals surface area contributed by atoms with E-state index < -0.39 is 17.0 Å². The number of ether oxygens (including phenoxy) is 1. The van der Waals surface area contributed by atoms with Gasteiger partial charge in [-0.3, -0.25) is 14.9 Å². The Labute approximate surface area is 213 Å². The number of para-hydroxylation sites is 1. The van der Waals surface area contributed by atoms with E-state index in [0.29, 0.717) is 39.7 Å². The molecule has 1 aliphatic carbocycles. The number of allylic oxidation sites excluding steroid dienone is 1. The number of esters is 1. The van der Waals surface area contributed by atoms with Gasteiger partial charge in [-0.15, -0.1) is 0 Å². The summed E-state index contributed by atoms with van der Waals surface area (Å²) in [4.78, 5) is 42.1. The average Bonchev–Trinajstić information content (AvgIpc) is 2.92. The third-order valence-corrected chi connectivity index (χ3v) is 6.51. The molecule has 184 valence electrons. The maximum absolute atomic E-state index is 13.6. The molecule has 1 unspecified atom stereocenters. The van der Waals surface area contributed by atoms with Crippen LogP contribution in [-0.2, 0) is 11.2 Å². The van der Waals surface area contributed by atoms with Gasteiger partial charge in [-0.1, -0.05) is 60.7 Å². The summed E-state index contributed by atoms with van der Waals surface area (Å²) in [5.74, 6) is -0.837. The van der Waals surface area contributed by atoms with Gasteiger partial charge in [0.2, 0.25) is 5.78 Å². The minimum absolute atomic E-state index is 0.0122. The molecule has 0 aliphatic heterocycles. The fourth-order valence-electron chi connectivity index (χ4n) is 4.75. The number of aromatic nitrogens is 1. The molecule has 1 heterocycles. The van der Waals surface area contributed by atoms with Crippen LogP contribution in [0.4, 0.5) is 5.69 Å². The molecule has 1 aliphatic rings. The Morgan fingerprint density at radius 2 is 1.76 bits per heavy atom. The Kier molecular flexibility index (Phi) is 6.60. The lowest BCUT2D eigenvalue weighted by Crippen LogP contribution is -2.26. The second-order valence-electron chi connectivity index (χ2n) is 8.98. The number of nitro benzene ring substituents is 1. The highest BCUT2D eigenvalue weighted by molar-refractivity contribution is 6.08. The van der Waals surface area contributed by atoms with Crippen molar-refractivity contribution in [3.63, 3.8) is 0 Å². The van der Waals surface area contributed by atoms with Crippen LogP contribution in [0.3, 0.4) is 0 Å². The first kappa shape index (κ1) is 24.1. The number of hydrogen-bond donors (Lipinski definition) is 0. The van der Waals surface area contributed by atoms with E-state index >= 15 is 0 Å². The number of Topliss-reactive ketones (excluding diaryl/α,β-unsaturated/α-hetero) is 1. The first-order chi connectivity index (χ1) is 17.9. The van der Waals surface area contributed by atoms with E-state index in [0.717, 1.165) is 24.0 Å². The predicted molar refractivity (Wildman–Crippen MR) is 141 cm³/mol. The number of non-ortho nitro benzene ring substituents is 1. The molecule has 0 amide bonds. The van der Waals surface area contributed by atoms with E-state index in [1.807, 2.05) is 36.4 Å². The summed E-state index contributed by atoms with van der Waals surface area (Å²) in [7, 11) is 0. The Hall–Kier alpha value is -4.65. The molecule has 0 saturated carbocycles. The highest BCUT2D eigenvalue weighted by Crippen LogP contribution is 2.37. The first-order valence-corrected chi connectivity index (χ1v) is 12.1. The lowest BCUT2D eigenvalue weighted by atomic mass is 9.86. The Bertz CT molecular complexity index is 1560. The summed E-state index contributed by atoms with van der Waals surface area (Å²) < 4.78 is 5.71. The Balaban J connectivity index is 1.56. The monoisotopic (exact) mass is 492 g/mol. The second-order valence-corrected chi connectivity index (χ2v) is 8.98. The van der Waals surface area contributed by atoms with Crippen molar-refractivity contribution in [2.24, 2.45) is 0 Å². The van der Waals surface area contributed by atoms with Gasteiger partial charge in [0.05, 0.1) is 21.7 Å². The lowest BCUT2D eigenvalue weighted by molar-refractivity contribution is -0.384. The Morgan fingerprint density at radius 1 is 1.00 bits per heavy atom. The van der Waals surface area contributed by atoms with Crippen LogP contribution in [0.15, 0.2) is 78.9 Å². The van der Waals surface area contributed by atoms with Crippen molar-refractivity contribution in [2.75, 3.05) is 0 Å². The van der Waals surface area contributed by atoms with Crippen LogP contribution in [0.25, 0.3) is 22.6 Å². The van der Waals surface area contributed by atoms with Crippen LogP contribution >= 0.6 is 0 Å². The summed E-state index contributed by atoms with van der Waals surface area (Å²) in [6.45, 7) is 1.58. The van der Waals surface area contributed by atoms with Gasteiger partial charge in [0, 0.05) is 23.1 Å². The van der Waals surface area contributed by atoms with Gasteiger partial charge >= 0.3 is 5.97 Å². The molecule has 0 fully saturated rings. The molecule has 0 radical (unpaired) electrons. The quantitative estimate of drug-likeness (QED) is 0.133. The maximum atomic E-state index is 13.6. The van der Waals surface area contributed by atoms with Crippen molar-refractivity contribution in [1.82, 2.24) is 4.98 Å². The van der Waals surface area contributed by atoms with Gasteiger partial charge in [-0.25, -0.2) is 9.78 Å². The minimum atomic E-state index is -0.957. The van der Waals surface area contributed by atoms with Crippen molar-refractivity contribution in [2.45, 2.75) is 32.3 Å². The fourth-order valence-corrected chi connectivity index (χ4v) is 4.75. The number of pyridine rings is 1. The number of carbonyl (C=O) groups excluding carboxylic acids is 2. The largest absolute Gasteiger partial charge is 0.451 e. The lowest BCUT2D eigenvalue weighted by Gasteiger charge is -2.23. The predicted octanol–water partition coefficient (Wildman–Crippen LogP) is 6.45. The van der Waals surface area contributed by atoms with Crippen LogP contribution in [0.2, 0.25) is 0 Å². The molecule has 5 rings (SSSR count). The maximum Gasteiger partial charge on any atom is 0.339 e. The topological polar surface area (TPSA) is 99.4 Å². The molecule has 0 bridgehead atoms. The molecule has 37 heavy (non-hydrogen) atoms. The van der Waals surface area contributed by atoms with Gasteiger partial charge in [-0.05, 0) is 55.0 Å². The zero-order chi connectivity index (χ0) is 25.9. The average molecular weight is 493 g/mol. The van der Waals surface area contributed by atoms with Gasteiger partial charge in [0.15, 0.2) is 6.10 Å². The number of ketones is 1. The van der Waals surface area contributed by atoms with Crippen molar-refractivity contribution >= 4 is 40.0 Å². The zero-order valence-corrected chi connectivity index (χ0v) is 20.2. The van der Waals surface area contributed by atoms with E-state index in [9.17, 15) is 19.7 Å². The third kappa shape index (κ3) is 4.89. The van der Waals surface area contributed by atoms with Gasteiger partial charge < -0.3 is 4.74 Å². The van der Waals surface area contributed by atoms with Crippen LogP contribution in [0, 0.1) is 10.1 Å². The SMILES string of the molecule is CC(OC(=O)c1c2c(nc3ccccc13)C(=Cc1cccc([N+](=O)[O-])c1)CCC2)C(=O)c1ccccc1. The first-order valence-electron chi connectivity index (χ1n) is 12.1. The standard InChI is InChI=1S/C30H24N2O5/c1-19(29(33)21-10-3-2-4-11-21)37-30(34)27-24-14-5-6-16-26(24)31-28-22(12-8-15-25(27)28)17-20-9-7-13-23(18-20)32(35)36/h2-7,9-11,13-14,16-19H,8,12,15H2,1H3. The molecule has 1 aromatic heterocycles. The van der Waals surface area contributed by atoms with Crippen molar-refractivity contribution in [3.05, 3.63) is 117 Å². The van der Waals surface area contributed by atoms with Crippen LogP contribution in [0.5, 0.6) is 0 Å². The van der Waals surface area contributed by atoms with E-state index in [2.05, 4.69) is 0 Å². The summed E-state index contributed by atoms with van der Waals surface area (Å²) in [5, 5.41) is 11.9. The van der Waals surface area contributed by atoms with E-state index in [4.69, 9.17) is 9.72 Å².